The first-order valence-corrected chi connectivity index (χ1v) is 12.3. The van der Waals surface area contributed by atoms with Gasteiger partial charge in [0.05, 0.1) is 12.2 Å². The first kappa shape index (κ1) is 56.6. The van der Waals surface area contributed by atoms with Crippen molar-refractivity contribution >= 4 is 0 Å². The van der Waals surface area contributed by atoms with Crippen molar-refractivity contribution in [3.8, 4) is 0 Å². The van der Waals surface area contributed by atoms with Crippen molar-refractivity contribution in [1.82, 2.24) is 0 Å². The molecule has 38 heavy (non-hydrogen) atoms. The minimum absolute atomic E-state index is 0. The third-order valence-corrected chi connectivity index (χ3v) is 5.27. The predicted molar refractivity (Wildman–Crippen MR) is 151 cm³/mol. The van der Waals surface area contributed by atoms with Crippen molar-refractivity contribution in [2.24, 2.45) is 16.7 Å². The maximum Gasteiger partial charge on any atom is 0.388 e. The second-order valence-electron chi connectivity index (χ2n) is 10.0. The summed E-state index contributed by atoms with van der Waals surface area (Å²) >= 11 is 0. The molecule has 0 radical (unpaired) electrons. The van der Waals surface area contributed by atoms with Gasteiger partial charge in [-0.05, 0) is 37.0 Å². The monoisotopic (exact) mass is 829 g/mol. The molecule has 1 aliphatic carbocycles. The molecule has 0 aromatic heterocycles. The van der Waals surface area contributed by atoms with Crippen molar-refractivity contribution in [3.63, 3.8) is 0 Å². The normalized spacial score (nSPS) is 18.4. The number of halogens is 7. The molecule has 0 amide bonds. The zero-order valence-electron chi connectivity index (χ0n) is 23.8. The number of hydrogen-bond donors (Lipinski definition) is 0. The Bertz CT molecular complexity index is 396. The molecule has 1 heterocycles. The van der Waals surface area contributed by atoms with E-state index < -0.39 is 26.5 Å². The van der Waals surface area contributed by atoms with Crippen LogP contribution in [0.5, 0.6) is 0 Å². The van der Waals surface area contributed by atoms with E-state index in [0.29, 0.717) is 23.0 Å². The van der Waals surface area contributed by atoms with Crippen molar-refractivity contribution in [3.05, 3.63) is 6.92 Å². The zero-order valence-corrected chi connectivity index (χ0v) is 30.2. The first-order chi connectivity index (χ1) is 15.5. The molecule has 238 valence electrons. The van der Waals surface area contributed by atoms with Gasteiger partial charge in [0, 0.05) is 6.42 Å². The fourth-order valence-corrected chi connectivity index (χ4v) is 2.60. The van der Waals surface area contributed by atoms with Gasteiger partial charge in [-0.1, -0.05) is 104 Å². The Morgan fingerprint density at radius 3 is 1.24 bits per heavy atom. The number of ether oxygens (including phenoxy) is 1. The van der Waals surface area contributed by atoms with Crippen LogP contribution in [0.1, 0.15) is 136 Å². The molecule has 3 unspecified atom stereocenters. The van der Waals surface area contributed by atoms with E-state index in [1.165, 1.54) is 38.5 Å². The average Bonchev–Trinajstić information content (AvgIpc) is 3.48. The Labute approximate surface area is 227 Å². The number of alkyl halides is 7. The van der Waals surface area contributed by atoms with Crippen LogP contribution >= 0.6 is 0 Å². The molecule has 2 fully saturated rings. The second kappa shape index (κ2) is 31.7. The maximum absolute atomic E-state index is 10.8. The zero-order chi connectivity index (χ0) is 28.0. The molecule has 9 heteroatoms. The summed E-state index contributed by atoms with van der Waals surface area (Å²) in [5, 5.41) is 0. The van der Waals surface area contributed by atoms with E-state index in [1.54, 1.807) is 0 Å². The molecule has 1 saturated heterocycles. The Morgan fingerprint density at radius 2 is 1.03 bits per heavy atom. The molecule has 1 saturated carbocycles. The average molecular weight is 829 g/mol. The topological polar surface area (TPSA) is 12.5 Å². The number of fused-ring (bicyclic) bond motifs is 1. The quantitative estimate of drug-likeness (QED) is 0.156. The van der Waals surface area contributed by atoms with Crippen LogP contribution in [0.25, 0.3) is 0 Å². The van der Waals surface area contributed by atoms with Gasteiger partial charge in [0.15, 0.2) is 0 Å². The maximum atomic E-state index is 10.8. The van der Waals surface area contributed by atoms with Crippen LogP contribution in [-0.2, 0) is 4.74 Å². The van der Waals surface area contributed by atoms with Crippen molar-refractivity contribution < 1.29 is 35.5 Å². The molecule has 0 N–H and O–H groups in total. The van der Waals surface area contributed by atoms with E-state index in [4.69, 9.17) is 4.74 Å². The van der Waals surface area contributed by atoms with Crippen molar-refractivity contribution in [2.45, 2.75) is 154 Å². The van der Waals surface area contributed by atoms with Gasteiger partial charge in [-0.3, -0.25) is 0 Å². The molecule has 1 nitrogen and oxygen atoms in total. The Kier molecular flexibility index (Phi) is 47.2. The van der Waals surface area contributed by atoms with Gasteiger partial charge in [-0.25, -0.2) is 17.6 Å². The summed E-state index contributed by atoms with van der Waals surface area (Å²) in [7, 11) is 0. The Morgan fingerprint density at radius 1 is 0.711 bits per heavy atom. The van der Waals surface area contributed by atoms with Gasteiger partial charge in [-0.2, -0.15) is 18.6 Å². The minimum atomic E-state index is -3.96. The summed E-state index contributed by atoms with van der Waals surface area (Å²) in [4.78, 5) is 0. The number of rotatable bonds is 4. The van der Waals surface area contributed by atoms with E-state index in [1.807, 2.05) is 0 Å². The predicted octanol–water partition coefficient (Wildman–Crippen LogP) is 12.7. The van der Waals surface area contributed by atoms with E-state index in [-0.39, 0.29) is 22.3 Å². The van der Waals surface area contributed by atoms with E-state index in [9.17, 15) is 30.7 Å². The van der Waals surface area contributed by atoms with Gasteiger partial charge >= 0.3 is 6.18 Å². The van der Waals surface area contributed by atoms with Crippen LogP contribution < -0.4 is 0 Å². The van der Waals surface area contributed by atoms with Crippen LogP contribution in [0.3, 0.4) is 0 Å². The van der Waals surface area contributed by atoms with Crippen LogP contribution in [0, 0.1) is 23.7 Å². The van der Waals surface area contributed by atoms with Gasteiger partial charge in [0.25, 0.3) is 0 Å². The molecule has 0 aromatic carbocycles. The van der Waals surface area contributed by atoms with E-state index in [0.717, 1.165) is 19.3 Å². The van der Waals surface area contributed by atoms with Crippen LogP contribution in [0.2, 0.25) is 0 Å². The standard InChI is InChI=1S/C12H22O.C6H13.C3H5F3.C3H8.2CH2F2.3CH4.Rf/c1-4-12(2,3)8-9-5-6-10-11(7-9)13-10;1-5-6(2,3)4;1-2-3(4,5)6;1-3-2;2*2-1-3;;;;/h9-11H,4-8H2,1-3H3;2,5H2,1,3-4H3;2H2,1H3;3H2,1-2H3;2*1H2;3*1H4;/q;-1;;;;;;;;. The summed E-state index contributed by atoms with van der Waals surface area (Å²) in [5.74, 6) is 0.943. The molecular formula is C29H64F7ORf-. The van der Waals surface area contributed by atoms with E-state index >= 15 is 0 Å². The van der Waals surface area contributed by atoms with E-state index in [2.05, 4.69) is 62.3 Å². The Balaban J connectivity index is -0.0000000522. The molecular weight excluding hydrogens is 764 g/mol. The molecule has 2 rings (SSSR count). The van der Waals surface area contributed by atoms with Gasteiger partial charge in [0.2, 0.25) is 13.9 Å². The minimum Gasteiger partial charge on any atom is -0.370 e. The molecule has 3 atom stereocenters. The molecule has 1 aliphatic heterocycles. The summed E-state index contributed by atoms with van der Waals surface area (Å²) in [5.41, 5.74) is 0.840. The third kappa shape index (κ3) is 51.2. The SMILES string of the molecule is C.C.C.CCC.CCC(C)(C)CC1CCC2OC2C1.CCC(F)(F)F.FCF.FCF.[CH2-]C(C)(C)CC.[Rf]. The third-order valence-electron chi connectivity index (χ3n) is 5.27. The number of epoxide rings is 1. The number of hydrogen-bond acceptors (Lipinski definition) is 1. The van der Waals surface area contributed by atoms with Crippen LogP contribution in [0.15, 0.2) is 0 Å². The molecule has 0 bridgehead atoms. The van der Waals surface area contributed by atoms with Crippen molar-refractivity contribution in [1.29, 1.82) is 0 Å². The summed E-state index contributed by atoms with van der Waals surface area (Å²) in [6.45, 7) is 19.2. The fraction of sp³-hybridized carbons (Fsp3) is 0.966. The largest absolute Gasteiger partial charge is 0.388 e. The van der Waals surface area contributed by atoms with Gasteiger partial charge in [0.1, 0.15) is 0 Å². The molecule has 2 aliphatic rings. The first-order valence-electron chi connectivity index (χ1n) is 12.3. The Hall–Kier alpha value is -1.53. The molecule has 0 spiro atoms. The van der Waals surface area contributed by atoms with Crippen LogP contribution in [-0.4, -0.2) is 32.2 Å². The second-order valence-corrected chi connectivity index (χ2v) is 10.0. The molecule has 0 aromatic rings. The smallest absolute Gasteiger partial charge is 0.370 e. The summed E-state index contributed by atoms with van der Waals surface area (Å²) in [6.07, 6.45) is 5.83. The summed E-state index contributed by atoms with van der Waals surface area (Å²) < 4.78 is 76.4. The fourth-order valence-electron chi connectivity index (χ4n) is 2.60. The van der Waals surface area contributed by atoms with Crippen molar-refractivity contribution in [2.75, 3.05) is 13.9 Å². The van der Waals surface area contributed by atoms with Gasteiger partial charge < -0.3 is 11.7 Å². The van der Waals surface area contributed by atoms with Gasteiger partial charge in [-0.15, -0.1) is 0 Å². The van der Waals surface area contributed by atoms with Crippen LogP contribution in [0.4, 0.5) is 30.7 Å². The summed E-state index contributed by atoms with van der Waals surface area (Å²) in [6, 6.07) is 0.